The lowest BCUT2D eigenvalue weighted by Gasteiger charge is -2.06. The first kappa shape index (κ1) is 13.8. The minimum atomic E-state index is -1.10. The van der Waals surface area contributed by atoms with Crippen LogP contribution in [0.5, 0.6) is 0 Å². The van der Waals surface area contributed by atoms with E-state index in [2.05, 4.69) is 0 Å². The second kappa shape index (κ2) is 6.49. The Bertz CT molecular complexity index is 310. The van der Waals surface area contributed by atoms with E-state index in [1.807, 2.05) is 0 Å². The smallest absolute Gasteiger partial charge is 0.303 e. The van der Waals surface area contributed by atoms with Crippen LogP contribution in [0.4, 0.5) is 0 Å². The molecule has 1 saturated carbocycles. The zero-order chi connectivity index (χ0) is 12.8. The number of rotatable bonds is 7. The standard InChI is InChI=1S/C12H18O5/c13-9-7-10(14)12(17)8(9)5-3-1-2-4-6-11(15)16/h8,10,14H,1-7H2,(H,15,16)/t8-,10+/m1/s1. The van der Waals surface area contributed by atoms with E-state index < -0.39 is 18.0 Å². The average Bonchev–Trinajstić information content (AvgIpc) is 2.48. The Morgan fingerprint density at radius 1 is 1.18 bits per heavy atom. The molecular formula is C12H18O5. The number of Topliss-reactive ketones (excluding diaryl/α,β-unsaturated/α-hetero) is 2. The predicted molar refractivity (Wildman–Crippen MR) is 59.5 cm³/mol. The Morgan fingerprint density at radius 2 is 1.82 bits per heavy atom. The topological polar surface area (TPSA) is 91.7 Å². The highest BCUT2D eigenvalue weighted by molar-refractivity contribution is 6.11. The quantitative estimate of drug-likeness (QED) is 0.512. The van der Waals surface area contributed by atoms with Gasteiger partial charge in [-0.3, -0.25) is 14.4 Å². The zero-order valence-electron chi connectivity index (χ0n) is 9.72. The molecule has 5 heteroatoms. The van der Waals surface area contributed by atoms with E-state index in [1.165, 1.54) is 0 Å². The summed E-state index contributed by atoms with van der Waals surface area (Å²) in [6.07, 6.45) is 2.49. The third-order valence-corrected chi connectivity index (χ3v) is 3.09. The molecule has 1 fully saturated rings. The first-order valence-electron chi connectivity index (χ1n) is 5.98. The number of ketones is 2. The van der Waals surface area contributed by atoms with E-state index in [9.17, 15) is 19.5 Å². The van der Waals surface area contributed by atoms with Gasteiger partial charge in [0.2, 0.25) is 0 Å². The number of hydrogen-bond acceptors (Lipinski definition) is 4. The number of carbonyl (C=O) groups excluding carboxylic acids is 2. The second-order valence-corrected chi connectivity index (χ2v) is 4.49. The summed E-state index contributed by atoms with van der Waals surface area (Å²) in [5, 5.41) is 17.6. The Labute approximate surface area is 99.8 Å². The van der Waals surface area contributed by atoms with Gasteiger partial charge in [-0.15, -0.1) is 0 Å². The van der Waals surface area contributed by atoms with Crippen molar-refractivity contribution in [3.63, 3.8) is 0 Å². The number of carbonyl (C=O) groups is 3. The molecule has 1 aliphatic rings. The molecule has 0 bridgehead atoms. The molecule has 0 radical (unpaired) electrons. The van der Waals surface area contributed by atoms with Gasteiger partial charge in [0, 0.05) is 12.8 Å². The summed E-state index contributed by atoms with van der Waals surface area (Å²) >= 11 is 0. The first-order chi connectivity index (χ1) is 8.02. The number of hydrogen-bond donors (Lipinski definition) is 2. The lowest BCUT2D eigenvalue weighted by molar-refractivity contribution is -0.137. The van der Waals surface area contributed by atoms with Crippen LogP contribution in [0.25, 0.3) is 0 Å². The normalized spacial score (nSPS) is 24.3. The van der Waals surface area contributed by atoms with Crippen LogP contribution in [0.3, 0.4) is 0 Å². The van der Waals surface area contributed by atoms with Crippen LogP contribution in [-0.2, 0) is 14.4 Å². The summed E-state index contributed by atoms with van der Waals surface area (Å²) in [6.45, 7) is 0. The summed E-state index contributed by atoms with van der Waals surface area (Å²) < 4.78 is 0. The Kier molecular flexibility index (Phi) is 5.28. The molecule has 0 spiro atoms. The van der Waals surface area contributed by atoms with E-state index in [-0.39, 0.29) is 24.4 Å². The zero-order valence-corrected chi connectivity index (χ0v) is 9.72. The Balaban J connectivity index is 2.12. The van der Waals surface area contributed by atoms with E-state index in [1.54, 1.807) is 0 Å². The van der Waals surface area contributed by atoms with E-state index in [0.717, 1.165) is 19.3 Å². The molecule has 0 saturated heterocycles. The third kappa shape index (κ3) is 4.26. The van der Waals surface area contributed by atoms with Crippen molar-refractivity contribution in [2.45, 2.75) is 51.0 Å². The summed E-state index contributed by atoms with van der Waals surface area (Å²) in [5.41, 5.74) is 0. The van der Waals surface area contributed by atoms with Crippen molar-refractivity contribution >= 4 is 17.5 Å². The number of unbranched alkanes of at least 4 members (excludes halogenated alkanes) is 3. The average molecular weight is 242 g/mol. The maximum atomic E-state index is 11.4. The molecule has 0 aromatic rings. The van der Waals surface area contributed by atoms with E-state index in [4.69, 9.17) is 5.11 Å². The Hall–Kier alpha value is -1.23. The van der Waals surface area contributed by atoms with Gasteiger partial charge < -0.3 is 10.2 Å². The molecule has 1 aliphatic carbocycles. The number of carboxylic acids is 1. The minimum absolute atomic E-state index is 0.0392. The highest BCUT2D eigenvalue weighted by atomic mass is 16.4. The van der Waals surface area contributed by atoms with Gasteiger partial charge >= 0.3 is 5.97 Å². The highest BCUT2D eigenvalue weighted by Gasteiger charge is 2.39. The molecule has 0 aromatic carbocycles. The van der Waals surface area contributed by atoms with Crippen LogP contribution in [-0.4, -0.2) is 33.9 Å². The SMILES string of the molecule is O=C(O)CCCCCC[C@@H]1C(=O)C[C@H](O)C1=O. The van der Waals surface area contributed by atoms with Gasteiger partial charge in [0.25, 0.3) is 0 Å². The van der Waals surface area contributed by atoms with Gasteiger partial charge in [-0.1, -0.05) is 19.3 Å². The van der Waals surface area contributed by atoms with Crippen molar-refractivity contribution in [2.24, 2.45) is 5.92 Å². The molecule has 0 aromatic heterocycles. The van der Waals surface area contributed by atoms with Gasteiger partial charge in [0.1, 0.15) is 11.9 Å². The number of carboxylic acid groups (broad SMARTS) is 1. The van der Waals surface area contributed by atoms with Crippen molar-refractivity contribution < 1.29 is 24.6 Å². The van der Waals surface area contributed by atoms with Crippen molar-refractivity contribution in [3.8, 4) is 0 Å². The molecule has 5 nitrogen and oxygen atoms in total. The van der Waals surface area contributed by atoms with Gasteiger partial charge in [0.15, 0.2) is 5.78 Å². The van der Waals surface area contributed by atoms with Gasteiger partial charge in [-0.05, 0) is 12.8 Å². The molecule has 2 N–H and O–H groups in total. The van der Waals surface area contributed by atoms with Gasteiger partial charge in [0.05, 0.1) is 5.92 Å². The number of aliphatic hydroxyl groups is 1. The second-order valence-electron chi connectivity index (χ2n) is 4.49. The van der Waals surface area contributed by atoms with Crippen molar-refractivity contribution in [1.82, 2.24) is 0 Å². The monoisotopic (exact) mass is 242 g/mol. The summed E-state index contributed by atoms with van der Waals surface area (Å²) in [4.78, 5) is 33.0. The van der Waals surface area contributed by atoms with Crippen LogP contribution in [0.2, 0.25) is 0 Å². The highest BCUT2D eigenvalue weighted by Crippen LogP contribution is 2.23. The van der Waals surface area contributed by atoms with E-state index in [0.29, 0.717) is 12.8 Å². The molecule has 0 heterocycles. The Morgan fingerprint density at radius 3 is 2.35 bits per heavy atom. The van der Waals surface area contributed by atoms with Crippen molar-refractivity contribution in [2.75, 3.05) is 0 Å². The molecule has 0 aliphatic heterocycles. The first-order valence-corrected chi connectivity index (χ1v) is 5.98. The molecule has 17 heavy (non-hydrogen) atoms. The van der Waals surface area contributed by atoms with Crippen LogP contribution < -0.4 is 0 Å². The summed E-state index contributed by atoms with van der Waals surface area (Å²) in [6, 6.07) is 0. The molecule has 0 amide bonds. The fourth-order valence-electron chi connectivity index (χ4n) is 2.11. The van der Waals surface area contributed by atoms with Crippen LogP contribution in [0, 0.1) is 5.92 Å². The van der Waals surface area contributed by atoms with Gasteiger partial charge in [-0.2, -0.15) is 0 Å². The fourth-order valence-corrected chi connectivity index (χ4v) is 2.11. The largest absolute Gasteiger partial charge is 0.481 e. The molecule has 2 atom stereocenters. The number of aliphatic carboxylic acids is 1. The van der Waals surface area contributed by atoms with Crippen molar-refractivity contribution in [3.05, 3.63) is 0 Å². The summed E-state index contributed by atoms with van der Waals surface area (Å²) in [5.74, 6) is -1.92. The van der Waals surface area contributed by atoms with Crippen LogP contribution >= 0.6 is 0 Å². The third-order valence-electron chi connectivity index (χ3n) is 3.09. The van der Waals surface area contributed by atoms with Crippen LogP contribution in [0.15, 0.2) is 0 Å². The predicted octanol–water partition coefficient (Wildman–Crippen LogP) is 0.931. The lowest BCUT2D eigenvalue weighted by atomic mass is 9.97. The maximum Gasteiger partial charge on any atom is 0.303 e. The summed E-state index contributed by atoms with van der Waals surface area (Å²) in [7, 11) is 0. The van der Waals surface area contributed by atoms with Gasteiger partial charge in [-0.25, -0.2) is 0 Å². The van der Waals surface area contributed by atoms with Crippen LogP contribution in [0.1, 0.15) is 44.9 Å². The molecule has 96 valence electrons. The molecule has 0 unspecified atom stereocenters. The fraction of sp³-hybridized carbons (Fsp3) is 0.750. The lowest BCUT2D eigenvalue weighted by Crippen LogP contribution is -2.19. The maximum absolute atomic E-state index is 11.4. The van der Waals surface area contributed by atoms with E-state index >= 15 is 0 Å². The minimum Gasteiger partial charge on any atom is -0.481 e. The number of aliphatic hydroxyl groups excluding tert-OH is 1. The van der Waals surface area contributed by atoms with Crippen molar-refractivity contribution in [1.29, 1.82) is 0 Å². The molecule has 1 rings (SSSR count). The molecular weight excluding hydrogens is 224 g/mol.